The molecule has 13 heavy (non-hydrogen) atoms. The van der Waals surface area contributed by atoms with Crippen LogP contribution in [0.25, 0.3) is 0 Å². The minimum absolute atomic E-state index is 0.549. The van der Waals surface area contributed by atoms with Crippen LogP contribution in [-0.2, 0) is 0 Å². The molecule has 3 nitrogen and oxygen atoms in total. The average molecular weight is 175 g/mol. The van der Waals surface area contributed by atoms with E-state index >= 15 is 0 Å². The van der Waals surface area contributed by atoms with Gasteiger partial charge in [-0.15, -0.1) is 5.11 Å². The molecule has 1 aliphatic heterocycles. The standard InChI is InChI=1S/C10H13N3/c1-8-9(2)13(8)12-11-10-6-4-3-5-7-10/h3-9H,1-2H3/t8-,9+,13?. The van der Waals surface area contributed by atoms with Gasteiger partial charge in [0.05, 0.1) is 17.8 Å². The third-order valence-corrected chi connectivity index (χ3v) is 2.46. The van der Waals surface area contributed by atoms with E-state index in [2.05, 4.69) is 24.2 Å². The summed E-state index contributed by atoms with van der Waals surface area (Å²) in [5, 5.41) is 10.2. The van der Waals surface area contributed by atoms with Crippen molar-refractivity contribution in [1.82, 2.24) is 5.01 Å². The lowest BCUT2D eigenvalue weighted by Crippen LogP contribution is -1.85. The molecular weight excluding hydrogens is 162 g/mol. The lowest BCUT2D eigenvalue weighted by Gasteiger charge is -1.92. The molecule has 1 aliphatic rings. The molecule has 1 aromatic carbocycles. The van der Waals surface area contributed by atoms with Crippen molar-refractivity contribution in [2.75, 3.05) is 0 Å². The molecule has 0 N–H and O–H groups in total. The minimum Gasteiger partial charge on any atom is -0.269 e. The SMILES string of the molecule is C[C@@H]1[C@H](C)N1N=Nc1ccccc1. The van der Waals surface area contributed by atoms with Crippen molar-refractivity contribution < 1.29 is 0 Å². The second-order valence-electron chi connectivity index (χ2n) is 3.39. The molecule has 1 aromatic rings. The summed E-state index contributed by atoms with van der Waals surface area (Å²) < 4.78 is 0. The van der Waals surface area contributed by atoms with Crippen LogP contribution < -0.4 is 0 Å². The lowest BCUT2D eigenvalue weighted by atomic mass is 10.3. The molecule has 0 amide bonds. The maximum atomic E-state index is 4.13. The number of rotatable bonds is 2. The van der Waals surface area contributed by atoms with E-state index in [9.17, 15) is 0 Å². The first kappa shape index (κ1) is 8.23. The van der Waals surface area contributed by atoms with Crippen molar-refractivity contribution in [3.63, 3.8) is 0 Å². The highest BCUT2D eigenvalue weighted by atomic mass is 15.6. The van der Waals surface area contributed by atoms with Crippen LogP contribution in [0.1, 0.15) is 13.8 Å². The van der Waals surface area contributed by atoms with Gasteiger partial charge in [-0.25, -0.2) is 0 Å². The Morgan fingerprint density at radius 3 is 2.23 bits per heavy atom. The summed E-state index contributed by atoms with van der Waals surface area (Å²) in [6.45, 7) is 4.30. The van der Waals surface area contributed by atoms with E-state index in [1.54, 1.807) is 0 Å². The van der Waals surface area contributed by atoms with Gasteiger partial charge < -0.3 is 0 Å². The van der Waals surface area contributed by atoms with Crippen molar-refractivity contribution in [2.24, 2.45) is 10.3 Å². The van der Waals surface area contributed by atoms with Gasteiger partial charge in [-0.3, -0.25) is 5.01 Å². The van der Waals surface area contributed by atoms with Gasteiger partial charge in [0, 0.05) is 0 Å². The van der Waals surface area contributed by atoms with Crippen LogP contribution >= 0.6 is 0 Å². The molecule has 0 aliphatic carbocycles. The van der Waals surface area contributed by atoms with Crippen LogP contribution in [0.3, 0.4) is 0 Å². The first-order valence-corrected chi connectivity index (χ1v) is 4.54. The van der Waals surface area contributed by atoms with Crippen LogP contribution in [0, 0.1) is 0 Å². The van der Waals surface area contributed by atoms with E-state index in [0.29, 0.717) is 12.1 Å². The molecule has 0 unspecified atom stereocenters. The Hall–Kier alpha value is -1.38. The molecule has 0 radical (unpaired) electrons. The summed E-state index contributed by atoms with van der Waals surface area (Å²) in [7, 11) is 0. The molecule has 68 valence electrons. The number of nitrogens with zero attached hydrogens (tertiary/aromatic N) is 3. The molecule has 0 bridgehead atoms. The fourth-order valence-corrected chi connectivity index (χ4v) is 1.25. The normalized spacial score (nSPS) is 26.8. The molecule has 0 saturated carbocycles. The summed E-state index contributed by atoms with van der Waals surface area (Å²) in [5.41, 5.74) is 0.911. The second kappa shape index (κ2) is 3.17. The third kappa shape index (κ3) is 1.69. The smallest absolute Gasteiger partial charge is 0.0874 e. The van der Waals surface area contributed by atoms with Gasteiger partial charge in [0.15, 0.2) is 0 Å². The summed E-state index contributed by atoms with van der Waals surface area (Å²) in [4.78, 5) is 0. The molecule has 0 spiro atoms. The van der Waals surface area contributed by atoms with Gasteiger partial charge in [-0.1, -0.05) is 23.4 Å². The summed E-state index contributed by atoms with van der Waals surface area (Å²) in [6, 6.07) is 10.9. The van der Waals surface area contributed by atoms with Crippen LogP contribution in [0.15, 0.2) is 40.7 Å². The fraction of sp³-hybridized carbons (Fsp3) is 0.400. The lowest BCUT2D eigenvalue weighted by molar-refractivity contribution is 0.494. The summed E-state index contributed by atoms with van der Waals surface area (Å²) in [5.74, 6) is 0. The van der Waals surface area contributed by atoms with Crippen molar-refractivity contribution in [1.29, 1.82) is 0 Å². The van der Waals surface area contributed by atoms with Crippen molar-refractivity contribution in [3.8, 4) is 0 Å². The highest BCUT2D eigenvalue weighted by Gasteiger charge is 2.39. The second-order valence-corrected chi connectivity index (χ2v) is 3.39. The molecule has 0 aromatic heterocycles. The van der Waals surface area contributed by atoms with Crippen LogP contribution in [0.5, 0.6) is 0 Å². The van der Waals surface area contributed by atoms with Gasteiger partial charge in [0.2, 0.25) is 0 Å². The Morgan fingerprint density at radius 1 is 1.08 bits per heavy atom. The Morgan fingerprint density at radius 2 is 1.69 bits per heavy atom. The first-order valence-electron chi connectivity index (χ1n) is 4.54. The maximum Gasteiger partial charge on any atom is 0.0874 e. The third-order valence-electron chi connectivity index (χ3n) is 2.46. The zero-order valence-electron chi connectivity index (χ0n) is 7.88. The molecule has 1 fully saturated rings. The van der Waals surface area contributed by atoms with E-state index in [1.807, 2.05) is 35.3 Å². The quantitative estimate of drug-likeness (QED) is 0.501. The number of hydrogen-bond acceptors (Lipinski definition) is 2. The topological polar surface area (TPSA) is 27.7 Å². The minimum atomic E-state index is 0.549. The van der Waals surface area contributed by atoms with Gasteiger partial charge in [0.1, 0.15) is 0 Å². The van der Waals surface area contributed by atoms with Crippen molar-refractivity contribution in [2.45, 2.75) is 25.9 Å². The van der Waals surface area contributed by atoms with Crippen LogP contribution in [0.2, 0.25) is 0 Å². The molecule has 2 rings (SSSR count). The summed E-state index contributed by atoms with van der Waals surface area (Å²) >= 11 is 0. The van der Waals surface area contributed by atoms with E-state index < -0.39 is 0 Å². The molecule has 1 saturated heterocycles. The highest BCUT2D eigenvalue weighted by molar-refractivity contribution is 5.34. The zero-order valence-corrected chi connectivity index (χ0v) is 7.88. The number of benzene rings is 1. The average Bonchev–Trinajstić information content (AvgIpc) is 2.73. The van der Waals surface area contributed by atoms with E-state index in [-0.39, 0.29) is 0 Å². The zero-order chi connectivity index (χ0) is 9.26. The van der Waals surface area contributed by atoms with Crippen molar-refractivity contribution in [3.05, 3.63) is 30.3 Å². The highest BCUT2D eigenvalue weighted by Crippen LogP contribution is 2.28. The van der Waals surface area contributed by atoms with E-state index in [1.165, 1.54) is 0 Å². The van der Waals surface area contributed by atoms with Crippen LogP contribution in [-0.4, -0.2) is 17.1 Å². The van der Waals surface area contributed by atoms with Crippen molar-refractivity contribution >= 4 is 5.69 Å². The molecule has 3 heteroatoms. The maximum absolute atomic E-state index is 4.13. The Labute approximate surface area is 78.1 Å². The molecular formula is C10H13N3. The number of hydrogen-bond donors (Lipinski definition) is 0. The van der Waals surface area contributed by atoms with E-state index in [4.69, 9.17) is 0 Å². The van der Waals surface area contributed by atoms with Gasteiger partial charge >= 0.3 is 0 Å². The fourth-order valence-electron chi connectivity index (χ4n) is 1.25. The van der Waals surface area contributed by atoms with Crippen LogP contribution in [0.4, 0.5) is 5.69 Å². The summed E-state index contributed by atoms with van der Waals surface area (Å²) in [6.07, 6.45) is 0. The molecule has 1 heterocycles. The van der Waals surface area contributed by atoms with E-state index in [0.717, 1.165) is 5.69 Å². The monoisotopic (exact) mass is 175 g/mol. The Balaban J connectivity index is 1.99. The predicted octanol–water partition coefficient (Wildman–Crippen LogP) is 2.78. The first-order chi connectivity index (χ1) is 6.29. The molecule has 2 atom stereocenters. The predicted molar refractivity (Wildman–Crippen MR) is 51.7 cm³/mol. The Kier molecular flexibility index (Phi) is 2.00. The largest absolute Gasteiger partial charge is 0.269 e. The van der Waals surface area contributed by atoms with Gasteiger partial charge in [-0.2, -0.15) is 0 Å². The Bertz CT molecular complexity index is 299. The van der Waals surface area contributed by atoms with Gasteiger partial charge in [0.25, 0.3) is 0 Å². The van der Waals surface area contributed by atoms with Gasteiger partial charge in [-0.05, 0) is 26.0 Å².